The first kappa shape index (κ1) is 15.6. The molecule has 0 aliphatic heterocycles. The van der Waals surface area contributed by atoms with Crippen LogP contribution in [0.1, 0.15) is 12.5 Å². The summed E-state index contributed by atoms with van der Waals surface area (Å²) in [6, 6.07) is 2.90. The number of nitrogens with zero attached hydrogens (tertiary/aromatic N) is 1. The molecule has 0 fully saturated rings. The van der Waals surface area contributed by atoms with Gasteiger partial charge in [-0.05, 0) is 25.3 Å². The van der Waals surface area contributed by atoms with Gasteiger partial charge in [-0.25, -0.2) is 0 Å². The second-order valence-corrected chi connectivity index (χ2v) is 4.90. The van der Waals surface area contributed by atoms with Crippen molar-refractivity contribution in [3.8, 4) is 0 Å². The maximum atomic E-state index is 12.7. The van der Waals surface area contributed by atoms with E-state index in [2.05, 4.69) is 5.32 Å². The van der Waals surface area contributed by atoms with Crippen LogP contribution in [0.25, 0.3) is 0 Å². The molecule has 1 aromatic rings. The minimum absolute atomic E-state index is 0.0301. The lowest BCUT2D eigenvalue weighted by molar-refractivity contribution is -0.388. The van der Waals surface area contributed by atoms with Crippen LogP contribution >= 0.6 is 11.8 Å². The topological polar surface area (TPSA) is 55.2 Å². The SMILES string of the molecule is CSCC(C)Nc1ccc([N+](=O)[O-])c(C(F)(F)F)c1. The number of anilines is 1. The minimum Gasteiger partial charge on any atom is -0.382 e. The van der Waals surface area contributed by atoms with Gasteiger partial charge in [0.2, 0.25) is 0 Å². The molecular formula is C11H13F3N2O2S. The fourth-order valence-corrected chi connectivity index (χ4v) is 2.17. The van der Waals surface area contributed by atoms with Crippen LogP contribution in [0.4, 0.5) is 24.5 Å². The average molecular weight is 294 g/mol. The Morgan fingerprint density at radius 3 is 2.58 bits per heavy atom. The molecule has 0 saturated heterocycles. The van der Waals surface area contributed by atoms with Gasteiger partial charge >= 0.3 is 6.18 Å². The van der Waals surface area contributed by atoms with Crippen molar-refractivity contribution in [1.29, 1.82) is 0 Å². The normalized spacial score (nSPS) is 13.1. The Morgan fingerprint density at radius 1 is 1.47 bits per heavy atom. The standard InChI is InChI=1S/C11H13F3N2O2S/c1-7(6-19-2)15-8-3-4-10(16(17)18)9(5-8)11(12,13)14/h3-5,7,15H,6H2,1-2H3. The highest BCUT2D eigenvalue weighted by Crippen LogP contribution is 2.37. The molecule has 0 amide bonds. The highest BCUT2D eigenvalue weighted by Gasteiger charge is 2.38. The lowest BCUT2D eigenvalue weighted by Crippen LogP contribution is -2.18. The molecule has 1 unspecified atom stereocenters. The largest absolute Gasteiger partial charge is 0.423 e. The van der Waals surface area contributed by atoms with E-state index in [0.717, 1.165) is 17.9 Å². The number of halogens is 3. The summed E-state index contributed by atoms with van der Waals surface area (Å²) in [7, 11) is 0. The lowest BCUT2D eigenvalue weighted by Gasteiger charge is -2.15. The molecule has 4 nitrogen and oxygen atoms in total. The molecule has 0 aromatic heterocycles. The van der Waals surface area contributed by atoms with Crippen molar-refractivity contribution < 1.29 is 18.1 Å². The predicted molar refractivity (Wildman–Crippen MR) is 69.6 cm³/mol. The quantitative estimate of drug-likeness (QED) is 0.663. The molecule has 19 heavy (non-hydrogen) atoms. The van der Waals surface area contributed by atoms with Gasteiger partial charge in [0.1, 0.15) is 5.56 Å². The predicted octanol–water partition coefficient (Wildman–Crippen LogP) is 3.78. The van der Waals surface area contributed by atoms with Crippen molar-refractivity contribution in [2.45, 2.75) is 19.1 Å². The number of alkyl halides is 3. The smallest absolute Gasteiger partial charge is 0.382 e. The van der Waals surface area contributed by atoms with Gasteiger partial charge in [0.05, 0.1) is 4.92 Å². The molecule has 0 heterocycles. The lowest BCUT2D eigenvalue weighted by atomic mass is 10.1. The Kier molecular flexibility index (Phi) is 5.04. The molecule has 0 spiro atoms. The first-order valence-electron chi connectivity index (χ1n) is 5.36. The summed E-state index contributed by atoms with van der Waals surface area (Å²) in [5, 5.41) is 13.5. The van der Waals surface area contributed by atoms with Gasteiger partial charge in [-0.1, -0.05) is 0 Å². The van der Waals surface area contributed by atoms with E-state index in [1.807, 2.05) is 13.2 Å². The maximum absolute atomic E-state index is 12.7. The van der Waals surface area contributed by atoms with Crippen molar-refractivity contribution in [3.05, 3.63) is 33.9 Å². The van der Waals surface area contributed by atoms with Crippen LogP contribution in [0.5, 0.6) is 0 Å². The number of hydrogen-bond donors (Lipinski definition) is 1. The molecule has 1 aromatic carbocycles. The van der Waals surface area contributed by atoms with Gasteiger partial charge in [-0.3, -0.25) is 10.1 Å². The van der Waals surface area contributed by atoms with Gasteiger partial charge in [0, 0.05) is 23.5 Å². The summed E-state index contributed by atoms with van der Waals surface area (Å²) in [6.45, 7) is 1.82. The third-order valence-electron chi connectivity index (χ3n) is 2.33. The molecule has 1 N–H and O–H groups in total. The molecule has 0 aliphatic carbocycles. The van der Waals surface area contributed by atoms with E-state index in [4.69, 9.17) is 0 Å². The first-order chi connectivity index (χ1) is 8.75. The maximum Gasteiger partial charge on any atom is 0.423 e. The third-order valence-corrected chi connectivity index (χ3v) is 3.16. The van der Waals surface area contributed by atoms with E-state index in [1.165, 1.54) is 6.07 Å². The van der Waals surface area contributed by atoms with Crippen molar-refractivity contribution in [2.75, 3.05) is 17.3 Å². The number of benzene rings is 1. The fourth-order valence-electron chi connectivity index (χ4n) is 1.59. The van der Waals surface area contributed by atoms with E-state index in [9.17, 15) is 23.3 Å². The summed E-state index contributed by atoms with van der Waals surface area (Å²) in [4.78, 5) is 9.56. The van der Waals surface area contributed by atoms with E-state index < -0.39 is 22.4 Å². The van der Waals surface area contributed by atoms with E-state index in [0.29, 0.717) is 0 Å². The van der Waals surface area contributed by atoms with Gasteiger partial charge in [0.15, 0.2) is 0 Å². The van der Waals surface area contributed by atoms with Crippen LogP contribution in [-0.2, 0) is 6.18 Å². The third kappa shape index (κ3) is 4.30. The Labute approximate surface area is 112 Å². The zero-order chi connectivity index (χ0) is 14.6. The zero-order valence-electron chi connectivity index (χ0n) is 10.3. The summed E-state index contributed by atoms with van der Waals surface area (Å²) in [5.74, 6) is 0.721. The van der Waals surface area contributed by atoms with Crippen LogP contribution in [-0.4, -0.2) is 23.0 Å². The minimum atomic E-state index is -4.75. The van der Waals surface area contributed by atoms with Crippen LogP contribution < -0.4 is 5.32 Å². The highest BCUT2D eigenvalue weighted by molar-refractivity contribution is 7.98. The Bertz CT molecular complexity index is 466. The number of thioether (sulfide) groups is 1. The van der Waals surface area contributed by atoms with E-state index in [-0.39, 0.29) is 11.7 Å². The molecule has 0 saturated carbocycles. The van der Waals surface area contributed by atoms with Gasteiger partial charge in [-0.15, -0.1) is 0 Å². The van der Waals surface area contributed by atoms with Crippen molar-refractivity contribution in [2.24, 2.45) is 0 Å². The number of hydrogen-bond acceptors (Lipinski definition) is 4. The van der Waals surface area contributed by atoms with Crippen LogP contribution in [0, 0.1) is 10.1 Å². The van der Waals surface area contributed by atoms with Crippen molar-refractivity contribution in [3.63, 3.8) is 0 Å². The second-order valence-electron chi connectivity index (χ2n) is 3.99. The van der Waals surface area contributed by atoms with Gasteiger partial charge < -0.3 is 5.32 Å². The second kappa shape index (κ2) is 6.14. The van der Waals surface area contributed by atoms with Gasteiger partial charge in [0.25, 0.3) is 5.69 Å². The summed E-state index contributed by atoms with van der Waals surface area (Å²) < 4.78 is 38.2. The number of nitro benzene ring substituents is 1. The molecule has 0 aliphatic rings. The van der Waals surface area contributed by atoms with Crippen molar-refractivity contribution >= 4 is 23.1 Å². The van der Waals surface area contributed by atoms with Crippen LogP contribution in [0.15, 0.2) is 18.2 Å². The highest BCUT2D eigenvalue weighted by atomic mass is 32.2. The number of nitro groups is 1. The molecular weight excluding hydrogens is 281 g/mol. The first-order valence-corrected chi connectivity index (χ1v) is 6.76. The van der Waals surface area contributed by atoms with Crippen LogP contribution in [0.2, 0.25) is 0 Å². The zero-order valence-corrected chi connectivity index (χ0v) is 11.1. The Morgan fingerprint density at radius 2 is 2.11 bits per heavy atom. The average Bonchev–Trinajstić information content (AvgIpc) is 2.27. The van der Waals surface area contributed by atoms with E-state index in [1.54, 1.807) is 11.8 Å². The van der Waals surface area contributed by atoms with Gasteiger partial charge in [-0.2, -0.15) is 24.9 Å². The molecule has 106 valence electrons. The monoisotopic (exact) mass is 294 g/mol. The Balaban J connectivity index is 3.09. The van der Waals surface area contributed by atoms with Crippen molar-refractivity contribution in [1.82, 2.24) is 0 Å². The molecule has 8 heteroatoms. The molecule has 0 radical (unpaired) electrons. The molecule has 1 rings (SSSR count). The Hall–Kier alpha value is -1.44. The molecule has 0 bridgehead atoms. The summed E-state index contributed by atoms with van der Waals surface area (Å²) in [6.07, 6.45) is -2.86. The van der Waals surface area contributed by atoms with Crippen LogP contribution in [0.3, 0.4) is 0 Å². The van der Waals surface area contributed by atoms with E-state index >= 15 is 0 Å². The number of nitrogens with one attached hydrogen (secondary N) is 1. The summed E-state index contributed by atoms with van der Waals surface area (Å²) >= 11 is 1.55. The summed E-state index contributed by atoms with van der Waals surface area (Å²) in [5.41, 5.74) is -1.95. The fraction of sp³-hybridized carbons (Fsp3) is 0.455. The molecule has 1 atom stereocenters. The number of rotatable bonds is 5.